The Kier molecular flexibility index (Phi) is 5.68. The molecule has 1 aromatic rings. The fourth-order valence-corrected chi connectivity index (χ4v) is 3.69. The summed E-state index contributed by atoms with van der Waals surface area (Å²) in [5.41, 5.74) is 6.47. The minimum Gasteiger partial charge on any atom is -0.387 e. The molecule has 1 aromatic carbocycles. The lowest BCUT2D eigenvalue weighted by Crippen LogP contribution is -2.38. The first kappa shape index (κ1) is 16.8. The lowest BCUT2D eigenvalue weighted by atomic mass is 9.95. The van der Waals surface area contributed by atoms with Gasteiger partial charge in [-0.3, -0.25) is 9.69 Å². The number of carbonyl (C=O) groups excluding carboxylic acids is 1. The number of rotatable bonds is 6. The Balaban J connectivity index is 1.61. The van der Waals surface area contributed by atoms with Crippen LogP contribution in [0.3, 0.4) is 0 Å². The van der Waals surface area contributed by atoms with Gasteiger partial charge in [0.25, 0.3) is 0 Å². The first-order chi connectivity index (χ1) is 11.8. The van der Waals surface area contributed by atoms with Crippen molar-refractivity contribution < 1.29 is 4.79 Å². The highest BCUT2D eigenvalue weighted by molar-refractivity contribution is 5.83. The lowest BCUT2D eigenvalue weighted by Gasteiger charge is -2.27. The minimum absolute atomic E-state index is 0.314. The lowest BCUT2D eigenvalue weighted by molar-refractivity contribution is -0.118. The number of allylic oxidation sites excluding steroid dienone is 3. The van der Waals surface area contributed by atoms with E-state index in [4.69, 9.17) is 0 Å². The molecular weight excluding hydrogens is 296 g/mol. The number of nitrogens with one attached hydrogen (secondary N) is 1. The normalized spacial score (nSPS) is 21.7. The highest BCUT2D eigenvalue weighted by atomic mass is 16.1. The summed E-state index contributed by atoms with van der Waals surface area (Å²) in [6.07, 6.45) is 6.33. The van der Waals surface area contributed by atoms with Gasteiger partial charge in [-0.1, -0.05) is 36.9 Å². The molecule has 2 aliphatic rings. The molecule has 0 amide bonds. The zero-order chi connectivity index (χ0) is 16.8. The second-order valence-electron chi connectivity index (χ2n) is 6.70. The van der Waals surface area contributed by atoms with Crippen LogP contribution in [0.4, 0.5) is 0 Å². The molecule has 0 saturated carbocycles. The molecule has 0 bridgehead atoms. The highest BCUT2D eigenvalue weighted by Crippen LogP contribution is 2.23. The average molecular weight is 322 g/mol. The predicted molar refractivity (Wildman–Crippen MR) is 97.5 cm³/mol. The Morgan fingerprint density at radius 1 is 1.29 bits per heavy atom. The third kappa shape index (κ3) is 4.25. The van der Waals surface area contributed by atoms with Gasteiger partial charge in [0.05, 0.1) is 0 Å². The van der Waals surface area contributed by atoms with Gasteiger partial charge in [-0.2, -0.15) is 0 Å². The number of ketones is 1. The van der Waals surface area contributed by atoms with Crippen LogP contribution in [-0.2, 0) is 11.3 Å². The SMILES string of the molecule is C=C=CC1=C(NC[C@@H]2CCCN2Cc2ccccc2)CCC(=O)C1. The average Bonchev–Trinajstić information content (AvgIpc) is 3.02. The topological polar surface area (TPSA) is 32.3 Å². The Morgan fingerprint density at radius 3 is 2.92 bits per heavy atom. The van der Waals surface area contributed by atoms with Gasteiger partial charge in [-0.15, -0.1) is 5.73 Å². The van der Waals surface area contributed by atoms with Crippen LogP contribution in [0.2, 0.25) is 0 Å². The number of hydrogen-bond donors (Lipinski definition) is 1. The number of hydrogen-bond acceptors (Lipinski definition) is 3. The number of benzene rings is 1. The number of carbonyl (C=O) groups is 1. The molecule has 1 fully saturated rings. The first-order valence-corrected chi connectivity index (χ1v) is 8.87. The smallest absolute Gasteiger partial charge is 0.137 e. The molecule has 3 heteroatoms. The first-order valence-electron chi connectivity index (χ1n) is 8.87. The summed E-state index contributed by atoms with van der Waals surface area (Å²) in [5.74, 6) is 0.314. The largest absolute Gasteiger partial charge is 0.387 e. The van der Waals surface area contributed by atoms with E-state index >= 15 is 0 Å². The van der Waals surface area contributed by atoms with Crippen LogP contribution in [0.1, 0.15) is 37.7 Å². The van der Waals surface area contributed by atoms with Crippen molar-refractivity contribution in [3.05, 3.63) is 65.6 Å². The van der Waals surface area contributed by atoms with Gasteiger partial charge >= 0.3 is 0 Å². The summed E-state index contributed by atoms with van der Waals surface area (Å²) in [5, 5.41) is 3.62. The van der Waals surface area contributed by atoms with Crippen LogP contribution in [-0.4, -0.2) is 29.8 Å². The van der Waals surface area contributed by atoms with Crippen molar-refractivity contribution >= 4 is 5.78 Å². The van der Waals surface area contributed by atoms with Gasteiger partial charge in [0.15, 0.2) is 0 Å². The van der Waals surface area contributed by atoms with Gasteiger partial charge in [-0.25, -0.2) is 0 Å². The van der Waals surface area contributed by atoms with Crippen molar-refractivity contribution in [3.8, 4) is 0 Å². The molecule has 0 spiro atoms. The zero-order valence-electron chi connectivity index (χ0n) is 14.3. The van der Waals surface area contributed by atoms with Crippen molar-refractivity contribution in [3.63, 3.8) is 0 Å². The van der Waals surface area contributed by atoms with Crippen molar-refractivity contribution in [2.45, 2.75) is 44.7 Å². The van der Waals surface area contributed by atoms with Crippen molar-refractivity contribution in [1.29, 1.82) is 0 Å². The molecule has 3 rings (SSSR count). The Morgan fingerprint density at radius 2 is 2.12 bits per heavy atom. The molecule has 1 N–H and O–H groups in total. The predicted octanol–water partition coefficient (Wildman–Crippen LogP) is 3.59. The van der Waals surface area contributed by atoms with Gasteiger partial charge < -0.3 is 5.32 Å². The quantitative estimate of drug-likeness (QED) is 0.812. The highest BCUT2D eigenvalue weighted by Gasteiger charge is 2.25. The Bertz CT molecular complexity index is 656. The number of nitrogens with zero attached hydrogens (tertiary/aromatic N) is 1. The van der Waals surface area contributed by atoms with Gasteiger partial charge in [-0.05, 0) is 43.0 Å². The number of Topliss-reactive ketones (excluding diaryl/α,β-unsaturated/α-hetero) is 1. The van der Waals surface area contributed by atoms with Gasteiger partial charge in [0.1, 0.15) is 5.78 Å². The monoisotopic (exact) mass is 322 g/mol. The Hall–Kier alpha value is -2.09. The summed E-state index contributed by atoms with van der Waals surface area (Å²) in [6, 6.07) is 11.2. The molecule has 1 saturated heterocycles. The fourth-order valence-electron chi connectivity index (χ4n) is 3.69. The molecule has 126 valence electrons. The van der Waals surface area contributed by atoms with E-state index in [1.165, 1.54) is 24.1 Å². The standard InChI is InChI=1S/C21H26N2O/c1-2-7-18-14-20(24)11-12-21(18)22-15-19-10-6-13-23(19)16-17-8-4-3-5-9-17/h3-5,7-9,19,22H,1,6,10-16H2/t19-/m0/s1. The van der Waals surface area contributed by atoms with E-state index in [1.54, 1.807) is 0 Å². The fraction of sp³-hybridized carbons (Fsp3) is 0.429. The van der Waals surface area contributed by atoms with Crippen LogP contribution >= 0.6 is 0 Å². The third-order valence-corrected chi connectivity index (χ3v) is 4.98. The summed E-state index contributed by atoms with van der Waals surface area (Å²) < 4.78 is 0. The van der Waals surface area contributed by atoms with E-state index in [1.807, 2.05) is 6.08 Å². The summed E-state index contributed by atoms with van der Waals surface area (Å²) in [6.45, 7) is 6.78. The third-order valence-electron chi connectivity index (χ3n) is 4.98. The Labute approximate surface area is 144 Å². The van der Waals surface area contributed by atoms with Crippen LogP contribution in [0.15, 0.2) is 60.0 Å². The molecule has 1 aliphatic carbocycles. The van der Waals surface area contributed by atoms with E-state index < -0.39 is 0 Å². The maximum absolute atomic E-state index is 11.7. The van der Waals surface area contributed by atoms with Gasteiger partial charge in [0.2, 0.25) is 0 Å². The van der Waals surface area contributed by atoms with E-state index in [-0.39, 0.29) is 0 Å². The molecule has 1 heterocycles. The second kappa shape index (κ2) is 8.14. The molecule has 1 aliphatic heterocycles. The zero-order valence-corrected chi connectivity index (χ0v) is 14.3. The van der Waals surface area contributed by atoms with Crippen molar-refractivity contribution in [2.75, 3.05) is 13.1 Å². The van der Waals surface area contributed by atoms with E-state index in [0.717, 1.165) is 31.6 Å². The molecule has 3 nitrogen and oxygen atoms in total. The number of likely N-dealkylation sites (tertiary alicyclic amines) is 1. The van der Waals surface area contributed by atoms with Crippen LogP contribution < -0.4 is 5.32 Å². The molecule has 24 heavy (non-hydrogen) atoms. The maximum Gasteiger partial charge on any atom is 0.137 e. The second-order valence-corrected chi connectivity index (χ2v) is 6.70. The molecule has 0 radical (unpaired) electrons. The summed E-state index contributed by atoms with van der Waals surface area (Å²) in [7, 11) is 0. The van der Waals surface area contributed by atoms with E-state index in [2.05, 4.69) is 52.9 Å². The minimum atomic E-state index is 0.314. The molecular formula is C21H26N2O. The van der Waals surface area contributed by atoms with Crippen LogP contribution in [0.25, 0.3) is 0 Å². The molecule has 1 atom stereocenters. The van der Waals surface area contributed by atoms with E-state index in [9.17, 15) is 4.79 Å². The summed E-state index contributed by atoms with van der Waals surface area (Å²) in [4.78, 5) is 14.2. The van der Waals surface area contributed by atoms with Crippen LogP contribution in [0.5, 0.6) is 0 Å². The van der Waals surface area contributed by atoms with Crippen molar-refractivity contribution in [1.82, 2.24) is 10.2 Å². The van der Waals surface area contributed by atoms with Gasteiger partial charge in [0, 0.05) is 37.7 Å². The molecule has 0 aromatic heterocycles. The maximum atomic E-state index is 11.7. The van der Waals surface area contributed by atoms with E-state index in [0.29, 0.717) is 24.7 Å². The summed E-state index contributed by atoms with van der Waals surface area (Å²) >= 11 is 0. The molecule has 0 unspecified atom stereocenters. The van der Waals surface area contributed by atoms with Crippen molar-refractivity contribution in [2.24, 2.45) is 0 Å². The van der Waals surface area contributed by atoms with Crippen LogP contribution in [0, 0.1) is 0 Å².